The van der Waals surface area contributed by atoms with Crippen molar-refractivity contribution in [2.45, 2.75) is 64.3 Å². The Kier molecular flexibility index (Phi) is 3.97. The Bertz CT molecular complexity index is 378. The summed E-state index contributed by atoms with van der Waals surface area (Å²) in [5, 5.41) is 4.66. The van der Waals surface area contributed by atoms with Gasteiger partial charge in [0.1, 0.15) is 0 Å². The highest BCUT2D eigenvalue weighted by Crippen LogP contribution is 2.33. The molecule has 0 spiro atoms. The van der Waals surface area contributed by atoms with E-state index in [1.165, 1.54) is 32.1 Å². The fourth-order valence-electron chi connectivity index (χ4n) is 2.62. The maximum Gasteiger partial charge on any atom is 0.153 e. The number of aromatic nitrogens is 2. The number of carbonyl (C=O) groups excluding carboxylic acids is 1. The van der Waals surface area contributed by atoms with Crippen molar-refractivity contribution < 1.29 is 4.79 Å². The summed E-state index contributed by atoms with van der Waals surface area (Å²) in [6.07, 6.45) is 10.2. The molecule has 0 radical (unpaired) electrons. The van der Waals surface area contributed by atoms with Gasteiger partial charge < -0.3 is 0 Å². The zero-order valence-corrected chi connectivity index (χ0v) is 10.9. The van der Waals surface area contributed by atoms with Crippen LogP contribution in [0.2, 0.25) is 0 Å². The van der Waals surface area contributed by atoms with E-state index in [9.17, 15) is 4.79 Å². The van der Waals surface area contributed by atoms with Crippen molar-refractivity contribution in [2.24, 2.45) is 0 Å². The highest BCUT2D eigenvalue weighted by Gasteiger charge is 2.22. The lowest BCUT2D eigenvalue weighted by molar-refractivity contribution is 0.112. The van der Waals surface area contributed by atoms with Crippen LogP contribution in [-0.4, -0.2) is 16.1 Å². The van der Waals surface area contributed by atoms with E-state index in [1.807, 2.05) is 10.9 Å². The van der Waals surface area contributed by atoms with Gasteiger partial charge in [-0.1, -0.05) is 26.2 Å². The van der Waals surface area contributed by atoms with Gasteiger partial charge >= 0.3 is 0 Å². The van der Waals surface area contributed by atoms with Crippen LogP contribution in [0.5, 0.6) is 0 Å². The van der Waals surface area contributed by atoms with E-state index in [1.54, 1.807) is 0 Å². The molecule has 0 amide bonds. The summed E-state index contributed by atoms with van der Waals surface area (Å²) in [4.78, 5) is 11.1. The minimum absolute atomic E-state index is 0.381. The van der Waals surface area contributed by atoms with Crippen molar-refractivity contribution in [3.05, 3.63) is 17.5 Å². The van der Waals surface area contributed by atoms with E-state index in [-0.39, 0.29) is 0 Å². The smallest absolute Gasteiger partial charge is 0.153 e. The average molecular weight is 234 g/mol. The molecule has 3 nitrogen and oxygen atoms in total. The van der Waals surface area contributed by atoms with Crippen LogP contribution in [0.25, 0.3) is 0 Å². The van der Waals surface area contributed by atoms with Gasteiger partial charge in [-0.15, -0.1) is 0 Å². The minimum Gasteiger partial charge on any atom is -0.298 e. The van der Waals surface area contributed by atoms with E-state index >= 15 is 0 Å². The van der Waals surface area contributed by atoms with Crippen molar-refractivity contribution in [1.29, 1.82) is 0 Å². The van der Waals surface area contributed by atoms with Gasteiger partial charge in [-0.2, -0.15) is 5.10 Å². The summed E-state index contributed by atoms with van der Waals surface area (Å²) in [5.74, 6) is 0.509. The molecule has 0 aliphatic heterocycles. The summed E-state index contributed by atoms with van der Waals surface area (Å²) in [7, 11) is 0. The van der Waals surface area contributed by atoms with Crippen LogP contribution in [0, 0.1) is 0 Å². The van der Waals surface area contributed by atoms with E-state index < -0.39 is 0 Å². The first-order valence-corrected chi connectivity index (χ1v) is 6.80. The summed E-state index contributed by atoms with van der Waals surface area (Å²) >= 11 is 0. The van der Waals surface area contributed by atoms with E-state index in [2.05, 4.69) is 18.9 Å². The average Bonchev–Trinajstić information content (AvgIpc) is 2.83. The molecule has 0 N–H and O–H groups in total. The Hall–Kier alpha value is -1.12. The molecule has 3 heteroatoms. The fourth-order valence-corrected chi connectivity index (χ4v) is 2.62. The zero-order chi connectivity index (χ0) is 12.3. The maximum absolute atomic E-state index is 11.1. The van der Waals surface area contributed by atoms with Gasteiger partial charge in [-0.25, -0.2) is 0 Å². The highest BCUT2D eigenvalue weighted by molar-refractivity contribution is 5.76. The highest BCUT2D eigenvalue weighted by atomic mass is 16.1. The lowest BCUT2D eigenvalue weighted by atomic mass is 9.86. The topological polar surface area (TPSA) is 34.9 Å². The molecule has 1 heterocycles. The first kappa shape index (κ1) is 12.3. The standard InChI is InChI=1S/C14H22N2O/c1-3-11(2)16-9-13(10-17)14(15-16)12-7-5-4-6-8-12/h9-12H,3-8H2,1-2H3. The molecule has 94 valence electrons. The SMILES string of the molecule is CCC(C)n1cc(C=O)c(C2CCCCC2)n1. The Balaban J connectivity index is 2.25. The van der Waals surface area contributed by atoms with Crippen LogP contribution in [-0.2, 0) is 0 Å². The number of nitrogens with zero attached hydrogens (tertiary/aromatic N) is 2. The molecule has 2 rings (SSSR count). The number of aldehydes is 1. The Morgan fingerprint density at radius 3 is 2.76 bits per heavy atom. The number of carbonyl (C=O) groups is 1. The maximum atomic E-state index is 11.1. The molecule has 1 unspecified atom stereocenters. The lowest BCUT2D eigenvalue weighted by Crippen LogP contribution is -2.09. The zero-order valence-electron chi connectivity index (χ0n) is 10.9. The molecule has 1 fully saturated rings. The quantitative estimate of drug-likeness (QED) is 0.744. The van der Waals surface area contributed by atoms with Crippen molar-refractivity contribution >= 4 is 6.29 Å². The normalized spacial score (nSPS) is 19.2. The van der Waals surface area contributed by atoms with E-state index in [0.29, 0.717) is 12.0 Å². The second kappa shape index (κ2) is 5.48. The molecular weight excluding hydrogens is 212 g/mol. The van der Waals surface area contributed by atoms with Crippen molar-refractivity contribution in [3.8, 4) is 0 Å². The fraction of sp³-hybridized carbons (Fsp3) is 0.714. The van der Waals surface area contributed by atoms with Gasteiger partial charge in [0.2, 0.25) is 0 Å². The molecule has 1 aliphatic carbocycles. The van der Waals surface area contributed by atoms with Gasteiger partial charge in [-0.05, 0) is 26.2 Å². The predicted octanol–water partition coefficient (Wildman–Crippen LogP) is 3.71. The molecule has 1 aromatic heterocycles. The van der Waals surface area contributed by atoms with Gasteiger partial charge in [0.05, 0.1) is 11.3 Å². The summed E-state index contributed by atoms with van der Waals surface area (Å²) in [5.41, 5.74) is 1.84. The molecule has 0 aromatic carbocycles. The lowest BCUT2D eigenvalue weighted by Gasteiger charge is -2.20. The monoisotopic (exact) mass is 234 g/mol. The molecule has 0 bridgehead atoms. The van der Waals surface area contributed by atoms with Crippen LogP contribution in [0.1, 0.15) is 80.4 Å². The minimum atomic E-state index is 0.381. The predicted molar refractivity (Wildman–Crippen MR) is 68.4 cm³/mol. The molecule has 1 aliphatic rings. The van der Waals surface area contributed by atoms with Gasteiger partial charge in [-0.3, -0.25) is 9.48 Å². The summed E-state index contributed by atoms with van der Waals surface area (Å²) in [6.45, 7) is 4.29. The molecule has 1 atom stereocenters. The van der Waals surface area contributed by atoms with Gasteiger partial charge in [0.25, 0.3) is 0 Å². The molecule has 17 heavy (non-hydrogen) atoms. The van der Waals surface area contributed by atoms with Gasteiger partial charge in [0, 0.05) is 18.2 Å². The number of hydrogen-bond donors (Lipinski definition) is 0. The Morgan fingerprint density at radius 1 is 1.47 bits per heavy atom. The second-order valence-corrected chi connectivity index (χ2v) is 5.16. The molecule has 1 aromatic rings. The first-order valence-electron chi connectivity index (χ1n) is 6.80. The Morgan fingerprint density at radius 2 is 2.18 bits per heavy atom. The third-order valence-electron chi connectivity index (χ3n) is 3.95. The van der Waals surface area contributed by atoms with Crippen LogP contribution in [0.15, 0.2) is 6.20 Å². The first-order chi connectivity index (χ1) is 8.26. The third kappa shape index (κ3) is 2.59. The number of rotatable bonds is 4. The molecule has 1 saturated carbocycles. The van der Waals surface area contributed by atoms with Crippen LogP contribution >= 0.6 is 0 Å². The van der Waals surface area contributed by atoms with Crippen LogP contribution < -0.4 is 0 Å². The second-order valence-electron chi connectivity index (χ2n) is 5.16. The van der Waals surface area contributed by atoms with E-state index in [4.69, 9.17) is 0 Å². The Labute approximate surface area is 103 Å². The van der Waals surface area contributed by atoms with Crippen molar-refractivity contribution in [3.63, 3.8) is 0 Å². The number of hydrogen-bond acceptors (Lipinski definition) is 2. The van der Waals surface area contributed by atoms with Crippen LogP contribution in [0.4, 0.5) is 0 Å². The van der Waals surface area contributed by atoms with Gasteiger partial charge in [0.15, 0.2) is 6.29 Å². The van der Waals surface area contributed by atoms with Crippen molar-refractivity contribution in [1.82, 2.24) is 9.78 Å². The molecular formula is C14H22N2O. The summed E-state index contributed by atoms with van der Waals surface area (Å²) in [6, 6.07) is 0.381. The van der Waals surface area contributed by atoms with Crippen molar-refractivity contribution in [2.75, 3.05) is 0 Å². The van der Waals surface area contributed by atoms with Crippen LogP contribution in [0.3, 0.4) is 0 Å². The summed E-state index contributed by atoms with van der Waals surface area (Å²) < 4.78 is 1.97. The largest absolute Gasteiger partial charge is 0.298 e. The third-order valence-corrected chi connectivity index (χ3v) is 3.95. The molecule has 0 saturated heterocycles. The van der Waals surface area contributed by atoms with E-state index in [0.717, 1.165) is 24.0 Å².